The third kappa shape index (κ3) is 2.96. The third-order valence-corrected chi connectivity index (χ3v) is 3.40. The molecule has 0 bridgehead atoms. The summed E-state index contributed by atoms with van der Waals surface area (Å²) in [6, 6.07) is 0. The quantitative estimate of drug-likeness (QED) is 0.796. The zero-order valence-electron chi connectivity index (χ0n) is 10.8. The molecule has 0 aliphatic heterocycles. The van der Waals surface area contributed by atoms with Gasteiger partial charge in [0.05, 0.1) is 30.1 Å². The molecule has 0 radical (unpaired) electrons. The monoisotopic (exact) mass is 281 g/mol. The predicted molar refractivity (Wildman–Crippen MR) is 70.1 cm³/mol. The van der Waals surface area contributed by atoms with Crippen molar-refractivity contribution in [2.45, 2.75) is 19.9 Å². The van der Waals surface area contributed by atoms with Crippen molar-refractivity contribution in [2.75, 3.05) is 13.7 Å². The molecule has 102 valence electrons. The molecule has 2 N–H and O–H groups in total. The minimum Gasteiger partial charge on any atom is -0.464 e. The van der Waals surface area contributed by atoms with Gasteiger partial charge in [0.1, 0.15) is 0 Å². The van der Waals surface area contributed by atoms with Crippen molar-refractivity contribution in [2.24, 2.45) is 5.73 Å². The molecule has 0 saturated carbocycles. The Morgan fingerprint density at radius 2 is 2.37 bits per heavy atom. The van der Waals surface area contributed by atoms with E-state index in [9.17, 15) is 4.79 Å². The summed E-state index contributed by atoms with van der Waals surface area (Å²) in [6.07, 6.45) is 0.514. The molecular formula is C11H15N5O2S. The van der Waals surface area contributed by atoms with Crippen LogP contribution in [0, 0.1) is 6.92 Å². The Balaban J connectivity index is 2.29. The number of esters is 1. The summed E-state index contributed by atoms with van der Waals surface area (Å²) in [5.74, 6) is -0.496. The Hall–Kier alpha value is -1.80. The van der Waals surface area contributed by atoms with E-state index < -0.39 is 5.97 Å². The number of thiazole rings is 1. The van der Waals surface area contributed by atoms with E-state index >= 15 is 0 Å². The topological polar surface area (TPSA) is 95.9 Å². The van der Waals surface area contributed by atoms with Crippen molar-refractivity contribution in [3.05, 3.63) is 27.5 Å². The lowest BCUT2D eigenvalue weighted by Gasteiger charge is -2.04. The first-order valence-corrected chi connectivity index (χ1v) is 6.65. The number of methoxy groups -OCH3 is 1. The fourth-order valence-corrected chi connectivity index (χ4v) is 2.34. The van der Waals surface area contributed by atoms with E-state index in [4.69, 9.17) is 5.73 Å². The summed E-state index contributed by atoms with van der Waals surface area (Å²) >= 11 is 1.57. The first-order valence-electron chi connectivity index (χ1n) is 5.77. The summed E-state index contributed by atoms with van der Waals surface area (Å²) in [5.41, 5.74) is 7.36. The van der Waals surface area contributed by atoms with Gasteiger partial charge in [-0.05, 0) is 13.5 Å². The summed E-state index contributed by atoms with van der Waals surface area (Å²) in [7, 11) is 1.32. The predicted octanol–water partition coefficient (Wildman–Crippen LogP) is 0.379. The number of ether oxygens (including phenoxy) is 1. The summed E-state index contributed by atoms with van der Waals surface area (Å²) in [6.45, 7) is 2.83. The van der Waals surface area contributed by atoms with E-state index in [2.05, 4.69) is 20.0 Å². The lowest BCUT2D eigenvalue weighted by Crippen LogP contribution is -2.15. The number of aryl methyl sites for hydroxylation is 1. The smallest absolute Gasteiger partial charge is 0.360 e. The van der Waals surface area contributed by atoms with Gasteiger partial charge in [-0.25, -0.2) is 14.5 Å². The van der Waals surface area contributed by atoms with Gasteiger partial charge in [0, 0.05) is 11.8 Å². The van der Waals surface area contributed by atoms with Gasteiger partial charge in [-0.2, -0.15) is 0 Å². The van der Waals surface area contributed by atoms with Crippen LogP contribution in [-0.4, -0.2) is 39.6 Å². The van der Waals surface area contributed by atoms with Crippen molar-refractivity contribution < 1.29 is 9.53 Å². The van der Waals surface area contributed by atoms with E-state index in [0.29, 0.717) is 25.2 Å². The first-order chi connectivity index (χ1) is 9.15. The van der Waals surface area contributed by atoms with Crippen LogP contribution in [0.3, 0.4) is 0 Å². The zero-order chi connectivity index (χ0) is 13.8. The molecule has 19 heavy (non-hydrogen) atoms. The summed E-state index contributed by atoms with van der Waals surface area (Å²) < 4.78 is 6.33. The Bertz CT molecular complexity index is 577. The van der Waals surface area contributed by atoms with Gasteiger partial charge in [-0.3, -0.25) is 0 Å². The van der Waals surface area contributed by atoms with Gasteiger partial charge in [0.25, 0.3) is 0 Å². The Morgan fingerprint density at radius 1 is 1.58 bits per heavy atom. The average molecular weight is 281 g/mol. The van der Waals surface area contributed by atoms with Gasteiger partial charge in [-0.15, -0.1) is 16.4 Å². The molecule has 7 nitrogen and oxygen atoms in total. The minimum atomic E-state index is -0.496. The fraction of sp³-hybridized carbons (Fsp3) is 0.455. The van der Waals surface area contributed by atoms with E-state index in [1.807, 2.05) is 12.3 Å². The molecule has 2 aromatic rings. The number of rotatable bonds is 5. The molecule has 2 heterocycles. The zero-order valence-corrected chi connectivity index (χ0v) is 11.6. The lowest BCUT2D eigenvalue weighted by molar-refractivity contribution is 0.0592. The normalized spacial score (nSPS) is 10.7. The number of hydrogen-bond donors (Lipinski definition) is 1. The molecule has 0 aliphatic carbocycles. The van der Waals surface area contributed by atoms with Crippen LogP contribution < -0.4 is 5.73 Å². The van der Waals surface area contributed by atoms with Crippen LogP contribution in [0.2, 0.25) is 0 Å². The largest absolute Gasteiger partial charge is 0.464 e. The molecule has 0 aromatic carbocycles. The van der Waals surface area contributed by atoms with Crippen LogP contribution in [0.5, 0.6) is 0 Å². The van der Waals surface area contributed by atoms with Gasteiger partial charge >= 0.3 is 5.97 Å². The molecule has 0 atom stereocenters. The highest BCUT2D eigenvalue weighted by Crippen LogP contribution is 2.13. The molecular weight excluding hydrogens is 266 g/mol. The SMILES string of the molecule is COC(=O)c1nnn(Cc2csc(C)n2)c1CCN. The third-order valence-electron chi connectivity index (χ3n) is 2.58. The highest BCUT2D eigenvalue weighted by Gasteiger charge is 2.20. The maximum atomic E-state index is 11.6. The molecule has 0 unspecified atom stereocenters. The van der Waals surface area contributed by atoms with Gasteiger partial charge in [0.2, 0.25) is 0 Å². The van der Waals surface area contributed by atoms with Crippen LogP contribution in [-0.2, 0) is 17.7 Å². The Kier molecular flexibility index (Phi) is 4.23. The number of carbonyl (C=O) groups is 1. The standard InChI is InChI=1S/C11H15N5O2S/c1-7-13-8(6-19-7)5-16-9(3-4-12)10(14-15-16)11(17)18-2/h6H,3-5,12H2,1-2H3. The highest BCUT2D eigenvalue weighted by atomic mass is 32.1. The van der Waals surface area contributed by atoms with Crippen LogP contribution in [0.15, 0.2) is 5.38 Å². The van der Waals surface area contributed by atoms with Gasteiger partial charge in [0.15, 0.2) is 5.69 Å². The second kappa shape index (κ2) is 5.89. The average Bonchev–Trinajstić information content (AvgIpc) is 2.97. The maximum Gasteiger partial charge on any atom is 0.360 e. The molecule has 0 fully saturated rings. The molecule has 2 aromatic heterocycles. The van der Waals surface area contributed by atoms with Gasteiger partial charge in [-0.1, -0.05) is 5.21 Å². The van der Waals surface area contributed by atoms with Gasteiger partial charge < -0.3 is 10.5 Å². The second-order valence-electron chi connectivity index (χ2n) is 3.93. The van der Waals surface area contributed by atoms with Crippen LogP contribution in [0.25, 0.3) is 0 Å². The van der Waals surface area contributed by atoms with E-state index in [1.54, 1.807) is 16.0 Å². The number of nitrogens with zero attached hydrogens (tertiary/aromatic N) is 4. The molecule has 0 saturated heterocycles. The van der Waals surface area contributed by atoms with Crippen LogP contribution in [0.1, 0.15) is 26.9 Å². The number of carbonyl (C=O) groups excluding carboxylic acids is 1. The first kappa shape index (κ1) is 13.6. The van der Waals surface area contributed by atoms with Crippen LogP contribution in [0.4, 0.5) is 0 Å². The maximum absolute atomic E-state index is 11.6. The van der Waals surface area contributed by atoms with Crippen molar-refractivity contribution >= 4 is 17.3 Å². The number of aromatic nitrogens is 4. The molecule has 2 rings (SSSR count). The second-order valence-corrected chi connectivity index (χ2v) is 4.99. The van der Waals surface area contributed by atoms with E-state index in [0.717, 1.165) is 10.7 Å². The van der Waals surface area contributed by atoms with Crippen molar-refractivity contribution in [1.29, 1.82) is 0 Å². The minimum absolute atomic E-state index is 0.222. The van der Waals surface area contributed by atoms with E-state index in [-0.39, 0.29) is 5.69 Å². The van der Waals surface area contributed by atoms with Crippen LogP contribution >= 0.6 is 11.3 Å². The molecule has 8 heteroatoms. The Labute approximate surface area is 114 Å². The molecule has 0 spiro atoms. The number of nitrogens with two attached hydrogens (primary N) is 1. The van der Waals surface area contributed by atoms with Crippen molar-refractivity contribution in [3.8, 4) is 0 Å². The van der Waals surface area contributed by atoms with Crippen molar-refractivity contribution in [1.82, 2.24) is 20.0 Å². The van der Waals surface area contributed by atoms with E-state index in [1.165, 1.54) is 7.11 Å². The molecule has 0 aliphatic rings. The number of hydrogen-bond acceptors (Lipinski definition) is 7. The fourth-order valence-electron chi connectivity index (χ4n) is 1.73. The van der Waals surface area contributed by atoms with Crippen molar-refractivity contribution in [3.63, 3.8) is 0 Å². The summed E-state index contributed by atoms with van der Waals surface area (Å²) in [4.78, 5) is 16.0. The highest BCUT2D eigenvalue weighted by molar-refractivity contribution is 7.09. The Morgan fingerprint density at radius 3 is 2.95 bits per heavy atom. The summed E-state index contributed by atoms with van der Waals surface area (Å²) in [5, 5.41) is 10.8. The molecule has 0 amide bonds. The lowest BCUT2D eigenvalue weighted by atomic mass is 10.2.